The lowest BCUT2D eigenvalue weighted by Gasteiger charge is -2.17. The molecule has 5 rings (SSSR count). The molecule has 152 valence electrons. The number of allylic oxidation sites excluding steroid dienone is 1. The molecular formula is C21H24N4O2S2. The first-order valence-corrected chi connectivity index (χ1v) is 11.9. The quantitative estimate of drug-likeness (QED) is 0.316. The molecule has 0 spiro atoms. The van der Waals surface area contributed by atoms with Crippen LogP contribution in [0.1, 0.15) is 66.4 Å². The van der Waals surface area contributed by atoms with E-state index in [0.29, 0.717) is 29.4 Å². The van der Waals surface area contributed by atoms with Crippen LogP contribution in [0, 0.1) is 5.92 Å². The van der Waals surface area contributed by atoms with Gasteiger partial charge in [0.05, 0.1) is 10.6 Å². The molecule has 1 fully saturated rings. The van der Waals surface area contributed by atoms with E-state index in [1.807, 2.05) is 6.92 Å². The number of aryl methyl sites for hydroxylation is 1. The van der Waals surface area contributed by atoms with Crippen LogP contribution in [0.25, 0.3) is 10.2 Å². The second kappa shape index (κ2) is 7.40. The van der Waals surface area contributed by atoms with Crippen LogP contribution in [0.2, 0.25) is 0 Å². The summed E-state index contributed by atoms with van der Waals surface area (Å²) in [4.78, 5) is 25.0. The highest BCUT2D eigenvalue weighted by Crippen LogP contribution is 2.41. The van der Waals surface area contributed by atoms with Gasteiger partial charge in [-0.05, 0) is 50.5 Å². The number of nitrogens with zero attached hydrogens (tertiary/aromatic N) is 4. The van der Waals surface area contributed by atoms with Gasteiger partial charge in [0.25, 0.3) is 5.56 Å². The van der Waals surface area contributed by atoms with Crippen molar-refractivity contribution in [1.82, 2.24) is 19.7 Å². The number of hydrogen-bond acceptors (Lipinski definition) is 7. The minimum absolute atomic E-state index is 0.0425. The molecule has 0 amide bonds. The van der Waals surface area contributed by atoms with Gasteiger partial charge in [0.15, 0.2) is 11.0 Å². The van der Waals surface area contributed by atoms with Crippen LogP contribution in [-0.2, 0) is 19.4 Å². The third-order valence-electron chi connectivity index (χ3n) is 5.72. The molecule has 0 aromatic carbocycles. The van der Waals surface area contributed by atoms with Crippen molar-refractivity contribution in [2.45, 2.75) is 68.8 Å². The third-order valence-corrected chi connectivity index (χ3v) is 7.95. The van der Waals surface area contributed by atoms with E-state index in [-0.39, 0.29) is 10.8 Å². The summed E-state index contributed by atoms with van der Waals surface area (Å²) in [7, 11) is 0. The molecule has 1 saturated carbocycles. The van der Waals surface area contributed by atoms with Gasteiger partial charge in [0, 0.05) is 17.3 Å². The highest BCUT2D eigenvalue weighted by molar-refractivity contribution is 7.99. The molecule has 8 heteroatoms. The van der Waals surface area contributed by atoms with Crippen LogP contribution in [-0.4, -0.2) is 19.7 Å². The van der Waals surface area contributed by atoms with Crippen LogP contribution in [0.4, 0.5) is 0 Å². The van der Waals surface area contributed by atoms with Crippen LogP contribution in [0.5, 0.6) is 0 Å². The zero-order valence-corrected chi connectivity index (χ0v) is 18.3. The van der Waals surface area contributed by atoms with Crippen molar-refractivity contribution in [3.63, 3.8) is 0 Å². The van der Waals surface area contributed by atoms with Crippen LogP contribution >= 0.6 is 23.1 Å². The maximum absolute atomic E-state index is 13.4. The van der Waals surface area contributed by atoms with Crippen molar-refractivity contribution >= 4 is 33.3 Å². The second-order valence-corrected chi connectivity index (χ2v) is 10.5. The van der Waals surface area contributed by atoms with E-state index in [1.165, 1.54) is 22.2 Å². The van der Waals surface area contributed by atoms with Gasteiger partial charge in [0.2, 0.25) is 5.89 Å². The summed E-state index contributed by atoms with van der Waals surface area (Å²) in [5.41, 5.74) is 1.26. The molecule has 0 aliphatic heterocycles. The average Bonchev–Trinajstić information content (AvgIpc) is 3.30. The maximum atomic E-state index is 13.4. The van der Waals surface area contributed by atoms with Crippen molar-refractivity contribution in [1.29, 1.82) is 0 Å². The number of thiophene rings is 1. The first kappa shape index (κ1) is 19.1. The van der Waals surface area contributed by atoms with Crippen molar-refractivity contribution in [2.75, 3.05) is 0 Å². The summed E-state index contributed by atoms with van der Waals surface area (Å²) in [6.07, 6.45) is 7.17. The third kappa shape index (κ3) is 3.46. The normalized spacial score (nSPS) is 20.0. The first-order valence-electron chi connectivity index (χ1n) is 10.2. The highest BCUT2D eigenvalue weighted by Gasteiger charge is 2.30. The summed E-state index contributed by atoms with van der Waals surface area (Å²) >= 11 is 3.18. The minimum Gasteiger partial charge on any atom is -0.338 e. The molecule has 0 bridgehead atoms. The standard InChI is InChI=1S/C21H24N4O2S2/c1-4-9-25-20(26)16-14-8-5-11(2)10-15(14)29-19(16)23-21(25)28-12(3)18-22-17(24-27-18)13-6-7-13/h4,11-13H,1,5-10H2,2-3H3. The molecular weight excluding hydrogens is 404 g/mol. The fourth-order valence-corrected chi connectivity index (χ4v) is 6.29. The summed E-state index contributed by atoms with van der Waals surface area (Å²) in [6.45, 7) is 8.57. The topological polar surface area (TPSA) is 73.8 Å². The average molecular weight is 429 g/mol. The number of fused-ring (bicyclic) bond motifs is 3. The van der Waals surface area contributed by atoms with Crippen LogP contribution in [0.3, 0.4) is 0 Å². The van der Waals surface area contributed by atoms with Gasteiger partial charge in [-0.15, -0.1) is 17.9 Å². The Morgan fingerprint density at radius 1 is 1.38 bits per heavy atom. The maximum Gasteiger partial charge on any atom is 0.263 e. The lowest BCUT2D eigenvalue weighted by molar-refractivity contribution is 0.374. The lowest BCUT2D eigenvalue weighted by atomic mass is 9.89. The van der Waals surface area contributed by atoms with Crippen molar-refractivity contribution in [3.8, 4) is 0 Å². The van der Waals surface area contributed by atoms with Gasteiger partial charge in [-0.25, -0.2) is 4.98 Å². The van der Waals surface area contributed by atoms with Crippen molar-refractivity contribution in [2.24, 2.45) is 5.92 Å². The SMILES string of the molecule is C=CCn1c(SC(C)c2nc(C3CC3)no2)nc2sc3c(c2c1=O)CCC(C)C3. The summed E-state index contributed by atoms with van der Waals surface area (Å²) in [6, 6.07) is 0. The van der Waals surface area contributed by atoms with Crippen LogP contribution in [0.15, 0.2) is 27.1 Å². The Kier molecular flexibility index (Phi) is 4.86. The largest absolute Gasteiger partial charge is 0.338 e. The Hall–Kier alpha value is -1.93. The molecule has 2 aliphatic rings. The first-order chi connectivity index (χ1) is 14.0. The van der Waals surface area contributed by atoms with E-state index in [0.717, 1.165) is 48.1 Å². The Bertz CT molecular complexity index is 1140. The van der Waals surface area contributed by atoms with E-state index in [4.69, 9.17) is 9.51 Å². The van der Waals surface area contributed by atoms with E-state index < -0.39 is 0 Å². The molecule has 6 nitrogen and oxygen atoms in total. The second-order valence-electron chi connectivity index (χ2n) is 8.16. The van der Waals surface area contributed by atoms with Crippen LogP contribution < -0.4 is 5.56 Å². The Morgan fingerprint density at radius 2 is 2.21 bits per heavy atom. The summed E-state index contributed by atoms with van der Waals surface area (Å²) in [5, 5.41) is 5.53. The monoisotopic (exact) mass is 428 g/mol. The number of aromatic nitrogens is 4. The summed E-state index contributed by atoms with van der Waals surface area (Å²) in [5.74, 6) is 2.52. The molecule has 0 radical (unpaired) electrons. The van der Waals surface area contributed by atoms with E-state index in [9.17, 15) is 4.79 Å². The number of hydrogen-bond donors (Lipinski definition) is 0. The molecule has 2 atom stereocenters. The van der Waals surface area contributed by atoms with Gasteiger partial charge >= 0.3 is 0 Å². The van der Waals surface area contributed by atoms with E-state index >= 15 is 0 Å². The molecule has 3 heterocycles. The van der Waals surface area contributed by atoms with Gasteiger partial charge < -0.3 is 4.52 Å². The van der Waals surface area contributed by atoms with Gasteiger partial charge in [-0.2, -0.15) is 4.98 Å². The number of rotatable bonds is 6. The van der Waals surface area contributed by atoms with E-state index in [2.05, 4.69) is 23.6 Å². The highest BCUT2D eigenvalue weighted by atomic mass is 32.2. The minimum atomic E-state index is -0.0787. The fourth-order valence-electron chi connectivity index (χ4n) is 3.91. The van der Waals surface area contributed by atoms with Gasteiger partial charge in [-0.1, -0.05) is 29.9 Å². The van der Waals surface area contributed by atoms with Crippen molar-refractivity contribution < 1.29 is 4.52 Å². The Morgan fingerprint density at radius 3 is 2.97 bits per heavy atom. The smallest absolute Gasteiger partial charge is 0.263 e. The molecule has 3 aromatic rings. The molecule has 29 heavy (non-hydrogen) atoms. The lowest BCUT2D eigenvalue weighted by Crippen LogP contribution is -2.23. The van der Waals surface area contributed by atoms with E-state index in [1.54, 1.807) is 22.0 Å². The van der Waals surface area contributed by atoms with Crippen molar-refractivity contribution in [3.05, 3.63) is 45.2 Å². The van der Waals surface area contributed by atoms with Gasteiger partial charge in [-0.3, -0.25) is 9.36 Å². The molecule has 3 aromatic heterocycles. The molecule has 0 saturated heterocycles. The molecule has 0 N–H and O–H groups in total. The Labute approximate surface area is 177 Å². The zero-order valence-electron chi connectivity index (χ0n) is 16.7. The fraction of sp³-hybridized carbons (Fsp3) is 0.524. The predicted molar refractivity (Wildman–Crippen MR) is 116 cm³/mol. The molecule has 2 aliphatic carbocycles. The van der Waals surface area contributed by atoms with Gasteiger partial charge in [0.1, 0.15) is 4.83 Å². The predicted octanol–water partition coefficient (Wildman–Crippen LogP) is 4.88. The summed E-state index contributed by atoms with van der Waals surface area (Å²) < 4.78 is 7.22. The zero-order chi connectivity index (χ0) is 20.1. The Balaban J connectivity index is 1.54. The number of thioether (sulfide) groups is 1. The molecule has 2 unspecified atom stereocenters.